The number of carbonyl (C=O) groups excluding carboxylic acids is 1. The van der Waals surface area contributed by atoms with Crippen LogP contribution in [-0.4, -0.2) is 20.3 Å². The van der Waals surface area contributed by atoms with E-state index < -0.39 is 6.09 Å². The Hall–Kier alpha value is -2.95. The van der Waals surface area contributed by atoms with Gasteiger partial charge in [0.2, 0.25) is 0 Å². The van der Waals surface area contributed by atoms with Crippen LogP contribution in [0.1, 0.15) is 24.5 Å². The van der Waals surface area contributed by atoms with Gasteiger partial charge >= 0.3 is 6.09 Å². The molecule has 0 radical (unpaired) electrons. The van der Waals surface area contributed by atoms with Crippen molar-refractivity contribution in [2.24, 2.45) is 0 Å². The molecule has 25 heavy (non-hydrogen) atoms. The summed E-state index contributed by atoms with van der Waals surface area (Å²) in [5.74, 6) is 1.17. The number of hydrogen-bond acceptors (Lipinski definition) is 4. The molecule has 0 saturated carbocycles. The molecule has 0 aromatic heterocycles. The molecule has 1 N–H and O–H groups in total. The molecule has 0 bridgehead atoms. The Morgan fingerprint density at radius 2 is 1.88 bits per heavy atom. The van der Waals surface area contributed by atoms with Crippen molar-refractivity contribution in [2.45, 2.75) is 20.0 Å². The second-order valence-corrected chi connectivity index (χ2v) is 5.26. The van der Waals surface area contributed by atoms with Gasteiger partial charge in [0.05, 0.1) is 19.9 Å². The molecule has 0 heterocycles. The summed E-state index contributed by atoms with van der Waals surface area (Å²) < 4.78 is 16.2. The fourth-order valence-corrected chi connectivity index (χ4v) is 2.29. The van der Waals surface area contributed by atoms with E-state index in [0.29, 0.717) is 23.8 Å². The second kappa shape index (κ2) is 9.37. The lowest BCUT2D eigenvalue weighted by Crippen LogP contribution is -2.12. The van der Waals surface area contributed by atoms with Gasteiger partial charge in [0.1, 0.15) is 6.61 Å². The van der Waals surface area contributed by atoms with Crippen molar-refractivity contribution in [2.75, 3.05) is 19.5 Å². The molecule has 0 saturated heterocycles. The molecule has 1 amide bonds. The third-order valence-electron chi connectivity index (χ3n) is 3.55. The zero-order valence-electron chi connectivity index (χ0n) is 14.7. The molecular weight excluding hydrogens is 318 g/mol. The van der Waals surface area contributed by atoms with Gasteiger partial charge in [-0.05, 0) is 24.1 Å². The van der Waals surface area contributed by atoms with E-state index in [9.17, 15) is 4.79 Å². The predicted molar refractivity (Wildman–Crippen MR) is 99.1 cm³/mol. The van der Waals surface area contributed by atoms with Crippen molar-refractivity contribution in [3.63, 3.8) is 0 Å². The van der Waals surface area contributed by atoms with Crippen molar-refractivity contribution in [1.29, 1.82) is 0 Å². The van der Waals surface area contributed by atoms with Crippen LogP contribution < -0.4 is 14.8 Å². The third kappa shape index (κ3) is 5.01. The Kier molecular flexibility index (Phi) is 6.89. The van der Waals surface area contributed by atoms with E-state index in [1.165, 1.54) is 7.11 Å². The first-order valence-corrected chi connectivity index (χ1v) is 8.08. The topological polar surface area (TPSA) is 56.8 Å². The molecule has 5 nitrogen and oxygen atoms in total. The normalized spacial score (nSPS) is 10.5. The summed E-state index contributed by atoms with van der Waals surface area (Å²) in [6, 6.07) is 13.4. The molecule has 5 heteroatoms. The van der Waals surface area contributed by atoms with E-state index in [1.54, 1.807) is 19.2 Å². The number of methoxy groups -OCH3 is 2. The molecule has 132 valence electrons. The zero-order valence-corrected chi connectivity index (χ0v) is 14.7. The Morgan fingerprint density at radius 1 is 1.12 bits per heavy atom. The lowest BCUT2D eigenvalue weighted by Gasteiger charge is -2.17. The molecule has 0 unspecified atom stereocenters. The van der Waals surface area contributed by atoms with Crippen LogP contribution in [-0.2, 0) is 11.3 Å². The minimum atomic E-state index is -0.537. The van der Waals surface area contributed by atoms with Crippen molar-refractivity contribution in [3.8, 4) is 11.5 Å². The van der Waals surface area contributed by atoms with Crippen molar-refractivity contribution < 1.29 is 19.0 Å². The van der Waals surface area contributed by atoms with E-state index in [-0.39, 0.29) is 0 Å². The fraction of sp³-hybridized carbons (Fsp3) is 0.250. The molecule has 0 aliphatic rings. The van der Waals surface area contributed by atoms with Crippen LogP contribution in [0.4, 0.5) is 10.5 Å². The number of allylic oxidation sites excluding steroid dienone is 1. The average Bonchev–Trinajstić information content (AvgIpc) is 2.66. The quantitative estimate of drug-likeness (QED) is 0.780. The Labute approximate surface area is 148 Å². The van der Waals surface area contributed by atoms with Gasteiger partial charge in [-0.2, -0.15) is 0 Å². The van der Waals surface area contributed by atoms with E-state index in [0.717, 1.165) is 17.5 Å². The maximum absolute atomic E-state index is 11.6. The van der Waals surface area contributed by atoms with Gasteiger partial charge in [0.25, 0.3) is 0 Å². The van der Waals surface area contributed by atoms with E-state index in [2.05, 4.69) is 5.32 Å². The second-order valence-electron chi connectivity index (χ2n) is 5.26. The van der Waals surface area contributed by atoms with Gasteiger partial charge in [-0.15, -0.1) is 0 Å². The Bertz CT molecular complexity index is 726. The highest BCUT2D eigenvalue weighted by Gasteiger charge is 2.16. The molecule has 2 aromatic rings. The van der Waals surface area contributed by atoms with Gasteiger partial charge in [-0.3, -0.25) is 5.32 Å². The summed E-state index contributed by atoms with van der Waals surface area (Å²) in [5.41, 5.74) is 2.38. The summed E-state index contributed by atoms with van der Waals surface area (Å²) in [4.78, 5) is 11.6. The van der Waals surface area contributed by atoms with Crippen molar-refractivity contribution in [1.82, 2.24) is 0 Å². The van der Waals surface area contributed by atoms with Gasteiger partial charge in [-0.1, -0.05) is 49.4 Å². The van der Waals surface area contributed by atoms with Gasteiger partial charge < -0.3 is 14.2 Å². The van der Waals surface area contributed by atoms with Gasteiger partial charge in [-0.25, -0.2) is 4.79 Å². The lowest BCUT2D eigenvalue weighted by molar-refractivity contribution is 0.187. The summed E-state index contributed by atoms with van der Waals surface area (Å²) in [6.07, 6.45) is 4.22. The Morgan fingerprint density at radius 3 is 2.52 bits per heavy atom. The maximum Gasteiger partial charge on any atom is 0.411 e. The predicted octanol–water partition coefficient (Wildman–Crippen LogP) is 4.88. The average molecular weight is 341 g/mol. The van der Waals surface area contributed by atoms with Crippen LogP contribution >= 0.6 is 0 Å². The van der Waals surface area contributed by atoms with Crippen LogP contribution in [0.15, 0.2) is 48.5 Å². The molecule has 0 atom stereocenters. The van der Waals surface area contributed by atoms with Gasteiger partial charge in [0, 0.05) is 5.56 Å². The van der Waals surface area contributed by atoms with Crippen LogP contribution in [0.5, 0.6) is 11.5 Å². The molecule has 2 aromatic carbocycles. The lowest BCUT2D eigenvalue weighted by atomic mass is 10.1. The fourth-order valence-electron chi connectivity index (χ4n) is 2.29. The van der Waals surface area contributed by atoms with Crippen LogP contribution in [0, 0.1) is 0 Å². The van der Waals surface area contributed by atoms with Gasteiger partial charge in [0.15, 0.2) is 11.5 Å². The SMILES string of the molecule is CCC=Cc1c(NC(=O)OC)ccc(OC)c1OCc1ccccc1. The molecule has 0 fully saturated rings. The summed E-state index contributed by atoms with van der Waals surface area (Å²) in [5, 5.41) is 2.71. The number of amides is 1. The van der Waals surface area contributed by atoms with Crippen LogP contribution in [0.2, 0.25) is 0 Å². The monoisotopic (exact) mass is 341 g/mol. The maximum atomic E-state index is 11.6. The molecule has 2 rings (SSSR count). The zero-order chi connectivity index (χ0) is 18.1. The Balaban J connectivity index is 2.39. The number of anilines is 1. The highest BCUT2D eigenvalue weighted by Crippen LogP contribution is 2.38. The highest BCUT2D eigenvalue weighted by atomic mass is 16.5. The standard InChI is InChI=1S/C20H23NO4/c1-4-5-11-16-17(21-20(22)24-3)12-13-18(23-2)19(16)25-14-15-9-7-6-8-10-15/h5-13H,4,14H2,1-3H3,(H,21,22). The van der Waals surface area contributed by atoms with Crippen LogP contribution in [0.25, 0.3) is 6.08 Å². The number of hydrogen-bond donors (Lipinski definition) is 1. The number of benzene rings is 2. The molecule has 0 aliphatic heterocycles. The van der Waals surface area contributed by atoms with E-state index in [1.807, 2.05) is 49.4 Å². The van der Waals surface area contributed by atoms with Crippen LogP contribution in [0.3, 0.4) is 0 Å². The highest BCUT2D eigenvalue weighted by molar-refractivity contribution is 5.89. The summed E-state index contributed by atoms with van der Waals surface area (Å²) >= 11 is 0. The van der Waals surface area contributed by atoms with Crippen molar-refractivity contribution >= 4 is 17.9 Å². The van der Waals surface area contributed by atoms with Crippen molar-refractivity contribution in [3.05, 3.63) is 59.7 Å². The number of rotatable bonds is 7. The molecular formula is C20H23NO4. The van der Waals surface area contributed by atoms with E-state index >= 15 is 0 Å². The minimum Gasteiger partial charge on any atom is -0.493 e. The minimum absolute atomic E-state index is 0.395. The summed E-state index contributed by atoms with van der Waals surface area (Å²) in [6.45, 7) is 2.43. The largest absolute Gasteiger partial charge is 0.493 e. The third-order valence-corrected chi connectivity index (χ3v) is 3.55. The number of carbonyl (C=O) groups is 1. The molecule has 0 aliphatic carbocycles. The first-order chi connectivity index (χ1) is 12.2. The first kappa shape index (κ1) is 18.4. The summed E-state index contributed by atoms with van der Waals surface area (Å²) in [7, 11) is 2.92. The number of ether oxygens (including phenoxy) is 3. The van der Waals surface area contributed by atoms with E-state index in [4.69, 9.17) is 14.2 Å². The first-order valence-electron chi connectivity index (χ1n) is 8.08. The molecule has 0 spiro atoms. The smallest absolute Gasteiger partial charge is 0.411 e. The number of nitrogens with one attached hydrogen (secondary N) is 1.